The van der Waals surface area contributed by atoms with E-state index in [9.17, 15) is 9.18 Å². The number of carbonyl (C=O) groups is 1. The molecule has 1 N–H and O–H groups in total. The summed E-state index contributed by atoms with van der Waals surface area (Å²) in [6, 6.07) is 14.3. The lowest BCUT2D eigenvalue weighted by Crippen LogP contribution is -2.24. The first kappa shape index (κ1) is 15.9. The van der Waals surface area contributed by atoms with Crippen LogP contribution in [0, 0.1) is 5.82 Å². The van der Waals surface area contributed by atoms with Gasteiger partial charge in [0.25, 0.3) is 0 Å². The third-order valence-electron chi connectivity index (χ3n) is 4.41. The first-order valence-electron chi connectivity index (χ1n) is 7.93. The number of halogens is 1. The van der Waals surface area contributed by atoms with Gasteiger partial charge in [0.05, 0.1) is 11.9 Å². The first-order chi connectivity index (χ1) is 12.2. The van der Waals surface area contributed by atoms with Crippen LogP contribution in [0.5, 0.6) is 0 Å². The number of nitrogens with zero attached hydrogens (tertiary/aromatic N) is 2. The molecule has 6 heteroatoms. The van der Waals surface area contributed by atoms with Gasteiger partial charge in [-0.1, -0.05) is 12.1 Å². The highest BCUT2D eigenvalue weighted by molar-refractivity contribution is 7.98. The standard InChI is InChI=1S/C19H16FN3OS/c1-25-15-8-2-12(3-9-15)16-10-18(24)22-19-17(16)11-21-23(19)14-6-4-13(20)5-7-14/h2-9,11,16H,10H2,1H3,(H,22,24)/t16-/m0/s1. The van der Waals surface area contributed by atoms with Crippen molar-refractivity contribution >= 4 is 23.5 Å². The third-order valence-corrected chi connectivity index (χ3v) is 5.15. The molecule has 4 rings (SSSR count). The molecule has 2 aromatic carbocycles. The SMILES string of the molecule is CSc1ccc([C@@H]2CC(=O)Nc3c2cnn3-c2ccc(F)cc2)cc1. The van der Waals surface area contributed by atoms with Crippen LogP contribution in [0.3, 0.4) is 0 Å². The molecule has 1 aliphatic rings. The number of hydrogen-bond acceptors (Lipinski definition) is 3. The summed E-state index contributed by atoms with van der Waals surface area (Å²) >= 11 is 1.69. The Morgan fingerprint density at radius 1 is 1.16 bits per heavy atom. The van der Waals surface area contributed by atoms with E-state index in [2.05, 4.69) is 34.7 Å². The number of anilines is 1. The zero-order valence-corrected chi connectivity index (χ0v) is 14.4. The summed E-state index contributed by atoms with van der Waals surface area (Å²) in [4.78, 5) is 13.4. The zero-order chi connectivity index (χ0) is 17.4. The van der Waals surface area contributed by atoms with E-state index >= 15 is 0 Å². The molecule has 0 saturated heterocycles. The van der Waals surface area contributed by atoms with E-state index in [1.807, 2.05) is 6.26 Å². The van der Waals surface area contributed by atoms with Crippen molar-refractivity contribution in [2.75, 3.05) is 11.6 Å². The van der Waals surface area contributed by atoms with Gasteiger partial charge in [-0.05, 0) is 48.2 Å². The van der Waals surface area contributed by atoms with Crippen molar-refractivity contribution in [1.82, 2.24) is 9.78 Å². The fraction of sp³-hybridized carbons (Fsp3) is 0.158. The van der Waals surface area contributed by atoms with Gasteiger partial charge in [0.15, 0.2) is 0 Å². The Bertz CT molecular complexity index is 919. The van der Waals surface area contributed by atoms with Gasteiger partial charge in [-0.15, -0.1) is 11.8 Å². The Morgan fingerprint density at radius 3 is 2.56 bits per heavy atom. The predicted octanol–water partition coefficient (Wildman–Crippen LogP) is 4.21. The van der Waals surface area contributed by atoms with Gasteiger partial charge in [0.2, 0.25) is 5.91 Å². The Balaban J connectivity index is 1.76. The van der Waals surface area contributed by atoms with E-state index in [1.165, 1.54) is 17.0 Å². The minimum absolute atomic E-state index is 0.0335. The van der Waals surface area contributed by atoms with E-state index in [1.54, 1.807) is 34.8 Å². The molecule has 0 aliphatic carbocycles. The number of rotatable bonds is 3. The Kier molecular flexibility index (Phi) is 4.05. The predicted molar refractivity (Wildman–Crippen MR) is 96.8 cm³/mol. The Hall–Kier alpha value is -2.60. The monoisotopic (exact) mass is 353 g/mol. The number of amides is 1. The molecule has 0 spiro atoms. The average molecular weight is 353 g/mol. The molecule has 1 aliphatic heterocycles. The lowest BCUT2D eigenvalue weighted by Gasteiger charge is -2.24. The fourth-order valence-electron chi connectivity index (χ4n) is 3.13. The maximum atomic E-state index is 13.2. The topological polar surface area (TPSA) is 46.9 Å². The molecule has 1 aromatic heterocycles. The minimum atomic E-state index is -0.305. The molecule has 3 aromatic rings. The van der Waals surface area contributed by atoms with E-state index in [4.69, 9.17) is 0 Å². The second-order valence-corrected chi connectivity index (χ2v) is 6.79. The maximum absolute atomic E-state index is 13.2. The largest absolute Gasteiger partial charge is 0.310 e. The number of benzene rings is 2. The molecule has 4 nitrogen and oxygen atoms in total. The first-order valence-corrected chi connectivity index (χ1v) is 9.16. The number of nitrogens with one attached hydrogen (secondary N) is 1. The van der Waals surface area contributed by atoms with Crippen molar-refractivity contribution in [1.29, 1.82) is 0 Å². The summed E-state index contributed by atoms with van der Waals surface area (Å²) in [6.07, 6.45) is 4.21. The van der Waals surface area contributed by atoms with Crippen molar-refractivity contribution in [3.05, 3.63) is 71.7 Å². The number of carbonyl (C=O) groups excluding carboxylic acids is 1. The second-order valence-electron chi connectivity index (χ2n) is 5.91. The number of thioether (sulfide) groups is 1. The summed E-state index contributed by atoms with van der Waals surface area (Å²) in [5, 5.41) is 7.32. The van der Waals surface area contributed by atoms with Gasteiger partial charge in [0, 0.05) is 22.8 Å². The van der Waals surface area contributed by atoms with Crippen molar-refractivity contribution in [3.63, 3.8) is 0 Å². The van der Waals surface area contributed by atoms with Crippen LogP contribution in [0.4, 0.5) is 10.2 Å². The van der Waals surface area contributed by atoms with Gasteiger partial charge >= 0.3 is 0 Å². The number of hydrogen-bond donors (Lipinski definition) is 1. The molecule has 0 saturated carbocycles. The lowest BCUT2D eigenvalue weighted by atomic mass is 9.87. The highest BCUT2D eigenvalue weighted by atomic mass is 32.2. The van der Waals surface area contributed by atoms with Crippen LogP contribution in [0.25, 0.3) is 5.69 Å². The summed E-state index contributed by atoms with van der Waals surface area (Å²) in [7, 11) is 0. The van der Waals surface area contributed by atoms with Gasteiger partial charge in [-0.3, -0.25) is 4.79 Å². The van der Waals surface area contributed by atoms with Crippen molar-refractivity contribution in [2.45, 2.75) is 17.2 Å². The molecule has 0 bridgehead atoms. The summed E-state index contributed by atoms with van der Waals surface area (Å²) in [5.74, 6) is 0.270. The molecular weight excluding hydrogens is 337 g/mol. The van der Waals surface area contributed by atoms with Crippen molar-refractivity contribution in [2.24, 2.45) is 0 Å². The van der Waals surface area contributed by atoms with E-state index in [-0.39, 0.29) is 17.6 Å². The highest BCUT2D eigenvalue weighted by Crippen LogP contribution is 2.38. The minimum Gasteiger partial charge on any atom is -0.310 e. The lowest BCUT2D eigenvalue weighted by molar-refractivity contribution is -0.116. The molecular formula is C19H16FN3OS. The second kappa shape index (κ2) is 6.37. The van der Waals surface area contributed by atoms with Gasteiger partial charge in [-0.25, -0.2) is 9.07 Å². The summed E-state index contributed by atoms with van der Waals surface area (Å²) < 4.78 is 14.8. The van der Waals surface area contributed by atoms with Crippen LogP contribution >= 0.6 is 11.8 Å². The molecule has 25 heavy (non-hydrogen) atoms. The molecule has 0 fully saturated rings. The molecule has 1 amide bonds. The van der Waals surface area contributed by atoms with Gasteiger partial charge < -0.3 is 5.32 Å². The van der Waals surface area contributed by atoms with Crippen LogP contribution in [0.15, 0.2) is 59.6 Å². The van der Waals surface area contributed by atoms with Crippen LogP contribution < -0.4 is 5.32 Å². The summed E-state index contributed by atoms with van der Waals surface area (Å²) in [6.45, 7) is 0. The average Bonchev–Trinajstić information content (AvgIpc) is 3.05. The van der Waals surface area contributed by atoms with E-state index in [0.717, 1.165) is 11.1 Å². The van der Waals surface area contributed by atoms with Crippen LogP contribution in [-0.2, 0) is 4.79 Å². The van der Waals surface area contributed by atoms with E-state index < -0.39 is 0 Å². The van der Waals surface area contributed by atoms with Gasteiger partial charge in [-0.2, -0.15) is 5.10 Å². The molecule has 0 radical (unpaired) electrons. The number of fused-ring (bicyclic) bond motifs is 1. The Morgan fingerprint density at radius 2 is 1.88 bits per heavy atom. The molecule has 0 unspecified atom stereocenters. The molecule has 2 heterocycles. The maximum Gasteiger partial charge on any atom is 0.226 e. The number of aromatic nitrogens is 2. The molecule has 126 valence electrons. The van der Waals surface area contributed by atoms with Crippen LogP contribution in [0.1, 0.15) is 23.5 Å². The Labute approximate surface area is 149 Å². The van der Waals surface area contributed by atoms with Crippen molar-refractivity contribution < 1.29 is 9.18 Å². The van der Waals surface area contributed by atoms with Crippen molar-refractivity contribution in [3.8, 4) is 5.69 Å². The van der Waals surface area contributed by atoms with Gasteiger partial charge in [0.1, 0.15) is 11.6 Å². The molecule has 1 atom stereocenters. The smallest absolute Gasteiger partial charge is 0.226 e. The summed E-state index contributed by atoms with van der Waals surface area (Å²) in [5.41, 5.74) is 2.77. The quantitative estimate of drug-likeness (QED) is 0.718. The van der Waals surface area contributed by atoms with E-state index in [0.29, 0.717) is 17.9 Å². The van der Waals surface area contributed by atoms with Crippen LogP contribution in [0.2, 0.25) is 0 Å². The normalized spacial score (nSPS) is 16.4. The third kappa shape index (κ3) is 2.93. The zero-order valence-electron chi connectivity index (χ0n) is 13.6. The highest BCUT2D eigenvalue weighted by Gasteiger charge is 2.30. The fourth-order valence-corrected chi connectivity index (χ4v) is 3.54. The van der Waals surface area contributed by atoms with Crippen LogP contribution in [-0.4, -0.2) is 21.9 Å².